The van der Waals surface area contributed by atoms with Crippen molar-refractivity contribution in [3.8, 4) is 11.5 Å². The Morgan fingerprint density at radius 3 is 2.38 bits per heavy atom. The minimum Gasteiger partial charge on any atom is -0.543 e. The first-order valence-corrected chi connectivity index (χ1v) is 18.2. The van der Waals surface area contributed by atoms with Crippen molar-refractivity contribution in [1.29, 1.82) is 0 Å². The van der Waals surface area contributed by atoms with E-state index >= 15 is 0 Å². The van der Waals surface area contributed by atoms with Crippen LogP contribution in [0.2, 0.25) is 18.1 Å². The van der Waals surface area contributed by atoms with E-state index in [4.69, 9.17) is 28.1 Å². The van der Waals surface area contributed by atoms with Gasteiger partial charge in [0.25, 0.3) is 14.2 Å². The van der Waals surface area contributed by atoms with E-state index in [9.17, 15) is 9.90 Å². The van der Waals surface area contributed by atoms with E-state index in [0.29, 0.717) is 42.1 Å². The molecule has 2 saturated heterocycles. The van der Waals surface area contributed by atoms with Gasteiger partial charge in [-0.2, -0.15) is 0 Å². The van der Waals surface area contributed by atoms with Crippen molar-refractivity contribution in [3.63, 3.8) is 0 Å². The second-order valence-electron chi connectivity index (χ2n) is 13.6. The van der Waals surface area contributed by atoms with Crippen molar-refractivity contribution in [2.45, 2.75) is 128 Å². The average Bonchev–Trinajstić information content (AvgIpc) is 3.22. The fourth-order valence-corrected chi connectivity index (χ4v) is 6.76. The minimum absolute atomic E-state index is 0.111. The molecule has 236 valence electrons. The number of ether oxygens (including phenoxy) is 5. The van der Waals surface area contributed by atoms with Crippen LogP contribution in [0, 0.1) is 0 Å². The van der Waals surface area contributed by atoms with Gasteiger partial charge in [0.2, 0.25) is 5.79 Å². The summed E-state index contributed by atoms with van der Waals surface area (Å²) in [6.45, 7) is 21.3. The van der Waals surface area contributed by atoms with Crippen LogP contribution >= 0.6 is 0 Å². The van der Waals surface area contributed by atoms with Gasteiger partial charge in [-0.3, -0.25) is 4.79 Å². The third kappa shape index (κ3) is 6.30. The minimum atomic E-state index is -2.39. The molecule has 0 radical (unpaired) electrons. The number of benzene rings is 1. The van der Waals surface area contributed by atoms with Crippen LogP contribution in [0.5, 0.6) is 11.5 Å². The van der Waals surface area contributed by atoms with Crippen molar-refractivity contribution in [1.82, 2.24) is 4.90 Å². The summed E-state index contributed by atoms with van der Waals surface area (Å²) < 4.78 is 38.1. The molecular weight excluding hydrogens is 554 g/mol. The van der Waals surface area contributed by atoms with Gasteiger partial charge in [0.15, 0.2) is 5.79 Å². The number of aliphatic hydroxyl groups is 1. The highest BCUT2D eigenvalue weighted by Gasteiger charge is 2.60. The Bertz CT molecular complexity index is 1170. The summed E-state index contributed by atoms with van der Waals surface area (Å²) in [5.74, 6) is -1.38. The molecule has 3 heterocycles. The van der Waals surface area contributed by atoms with Gasteiger partial charge in [-0.1, -0.05) is 26.8 Å². The molecule has 0 saturated carbocycles. The molecule has 1 aromatic rings. The van der Waals surface area contributed by atoms with Gasteiger partial charge in [-0.25, -0.2) is 0 Å². The molecule has 0 bridgehead atoms. The number of rotatable bonds is 8. The molecule has 42 heavy (non-hydrogen) atoms. The Morgan fingerprint density at radius 2 is 1.81 bits per heavy atom. The number of nitrogens with zero attached hydrogens (tertiary/aromatic N) is 1. The predicted octanol–water partition coefficient (Wildman–Crippen LogP) is 5.96. The molecule has 0 unspecified atom stereocenters. The molecule has 10 heteroatoms. The highest BCUT2D eigenvalue weighted by Crippen LogP contribution is 2.49. The topological polar surface area (TPSA) is 95.9 Å². The highest BCUT2D eigenvalue weighted by atomic mass is 28.4. The lowest BCUT2D eigenvalue weighted by Gasteiger charge is -2.48. The molecule has 0 aliphatic carbocycles. The SMILES string of the molecule is CCN(CC)C(=O)c1c(O[Si](C)(C)C(C)(C)C)cc(OC)cc1[C@H](O)[C@H]1C[C@@H]2OC(C)(C)O[C@@H]2[C@]2(C=CC[C@H](C)O2)O1. The Labute approximate surface area is 252 Å². The van der Waals surface area contributed by atoms with Gasteiger partial charge < -0.3 is 38.1 Å². The molecule has 1 aromatic carbocycles. The first-order chi connectivity index (χ1) is 19.5. The molecule has 4 rings (SSSR count). The lowest BCUT2D eigenvalue weighted by Crippen LogP contribution is -2.60. The molecule has 3 aliphatic rings. The second-order valence-corrected chi connectivity index (χ2v) is 18.4. The van der Waals surface area contributed by atoms with E-state index in [2.05, 4.69) is 33.9 Å². The van der Waals surface area contributed by atoms with Gasteiger partial charge in [-0.05, 0) is 71.3 Å². The monoisotopic (exact) mass is 605 g/mol. The smallest absolute Gasteiger partial charge is 0.257 e. The first kappa shape index (κ1) is 33.0. The van der Waals surface area contributed by atoms with Crippen molar-refractivity contribution in [2.24, 2.45) is 0 Å². The maximum Gasteiger partial charge on any atom is 0.257 e. The number of fused-ring (bicyclic) bond motifs is 2. The molecular formula is C32H51NO8Si. The van der Waals surface area contributed by atoms with Crippen LogP contribution in [0.3, 0.4) is 0 Å². The quantitative estimate of drug-likeness (QED) is 0.286. The van der Waals surface area contributed by atoms with E-state index in [-0.39, 0.29) is 23.2 Å². The first-order valence-electron chi connectivity index (χ1n) is 15.2. The van der Waals surface area contributed by atoms with Crippen LogP contribution in [-0.2, 0) is 18.9 Å². The average molecular weight is 606 g/mol. The fourth-order valence-electron chi connectivity index (χ4n) is 5.75. The molecule has 6 atom stereocenters. The lowest BCUT2D eigenvalue weighted by atomic mass is 9.87. The summed E-state index contributed by atoms with van der Waals surface area (Å²) in [5, 5.41) is 12.0. The van der Waals surface area contributed by atoms with Gasteiger partial charge in [0, 0.05) is 31.1 Å². The van der Waals surface area contributed by atoms with Crippen molar-refractivity contribution < 1.29 is 38.0 Å². The number of carbonyl (C=O) groups excluding carboxylic acids is 1. The molecule has 1 spiro atoms. The summed E-state index contributed by atoms with van der Waals surface area (Å²) in [6, 6.07) is 3.48. The molecule has 9 nitrogen and oxygen atoms in total. The van der Waals surface area contributed by atoms with Crippen LogP contribution in [0.15, 0.2) is 24.3 Å². The van der Waals surface area contributed by atoms with Gasteiger partial charge >= 0.3 is 0 Å². The Hall–Kier alpha value is -1.95. The summed E-state index contributed by atoms with van der Waals surface area (Å²) in [4.78, 5) is 15.9. The Balaban J connectivity index is 1.84. The summed E-state index contributed by atoms with van der Waals surface area (Å²) in [6.07, 6.45) is 2.01. The number of hydrogen-bond acceptors (Lipinski definition) is 8. The third-order valence-electron chi connectivity index (χ3n) is 9.03. The maximum absolute atomic E-state index is 14.2. The van der Waals surface area contributed by atoms with Crippen LogP contribution in [0.25, 0.3) is 0 Å². The van der Waals surface area contributed by atoms with Crippen LogP contribution in [-0.4, -0.2) is 80.4 Å². The van der Waals surface area contributed by atoms with E-state index < -0.39 is 38.2 Å². The molecule has 2 fully saturated rings. The van der Waals surface area contributed by atoms with E-state index in [1.807, 2.05) is 46.8 Å². The lowest BCUT2D eigenvalue weighted by molar-refractivity contribution is -0.328. The van der Waals surface area contributed by atoms with Gasteiger partial charge in [-0.15, -0.1) is 0 Å². The fraction of sp³-hybridized carbons (Fsp3) is 0.719. The molecule has 3 aliphatic heterocycles. The van der Waals surface area contributed by atoms with Crippen molar-refractivity contribution >= 4 is 14.2 Å². The number of aliphatic hydroxyl groups excluding tert-OH is 1. The molecule has 0 aromatic heterocycles. The van der Waals surface area contributed by atoms with Gasteiger partial charge in [0.1, 0.15) is 23.7 Å². The predicted molar refractivity (Wildman–Crippen MR) is 163 cm³/mol. The van der Waals surface area contributed by atoms with E-state index in [1.165, 1.54) is 0 Å². The normalized spacial score (nSPS) is 29.7. The Kier molecular flexibility index (Phi) is 9.30. The zero-order chi connectivity index (χ0) is 31.3. The maximum atomic E-state index is 14.2. The van der Waals surface area contributed by atoms with Crippen LogP contribution in [0.1, 0.15) is 90.3 Å². The number of amides is 1. The highest BCUT2D eigenvalue weighted by molar-refractivity contribution is 6.74. The zero-order valence-electron chi connectivity index (χ0n) is 27.3. The Morgan fingerprint density at radius 1 is 1.14 bits per heavy atom. The van der Waals surface area contributed by atoms with E-state index in [1.54, 1.807) is 24.1 Å². The second kappa shape index (κ2) is 11.9. The standard InChI is InChI=1S/C32H51NO8Si/c1-12-33(13-2)29(35)26-22(17-21(36-9)18-23(26)41-42(10,11)30(4,5)6)27(34)24-19-25-28(40-31(7,8)38-25)32(39-24)16-14-15-20(3)37-32/h14,16-18,20,24-25,27-28,34H,12-13,15,19H2,1-11H3/t20-,24+,25-,27-,28-,32-/m0/s1. The summed E-state index contributed by atoms with van der Waals surface area (Å²) in [7, 11) is -0.822. The number of methoxy groups -OCH3 is 1. The number of hydrogen-bond donors (Lipinski definition) is 1. The zero-order valence-corrected chi connectivity index (χ0v) is 28.3. The largest absolute Gasteiger partial charge is 0.543 e. The van der Waals surface area contributed by atoms with Gasteiger partial charge in [0.05, 0.1) is 31.0 Å². The van der Waals surface area contributed by atoms with Crippen molar-refractivity contribution in [2.75, 3.05) is 20.2 Å². The van der Waals surface area contributed by atoms with E-state index in [0.717, 1.165) is 6.42 Å². The third-order valence-corrected chi connectivity index (χ3v) is 13.4. The molecule has 1 amide bonds. The number of carbonyl (C=O) groups is 1. The van der Waals surface area contributed by atoms with Crippen molar-refractivity contribution in [3.05, 3.63) is 35.4 Å². The molecule has 1 N–H and O–H groups in total. The summed E-state index contributed by atoms with van der Waals surface area (Å²) >= 11 is 0. The van der Waals surface area contributed by atoms with Crippen LogP contribution < -0.4 is 9.16 Å². The summed E-state index contributed by atoms with van der Waals surface area (Å²) in [5.41, 5.74) is 0.721. The van der Waals surface area contributed by atoms with Crippen LogP contribution in [0.4, 0.5) is 0 Å².